The molecule has 74 valence electrons. The highest BCUT2D eigenvalue weighted by atomic mass is 31.0. The lowest BCUT2D eigenvalue weighted by atomic mass is 10.3. The molecule has 0 saturated heterocycles. The molecule has 0 heterocycles. The van der Waals surface area contributed by atoms with E-state index < -0.39 is 17.7 Å². The number of carbonyl (C=O) groups is 3. The third-order valence-corrected chi connectivity index (χ3v) is 1.50. The van der Waals surface area contributed by atoms with E-state index in [1.807, 2.05) is 9.24 Å². The van der Waals surface area contributed by atoms with Gasteiger partial charge in [-0.25, -0.2) is 0 Å². The molecule has 0 aliphatic rings. The van der Waals surface area contributed by atoms with Crippen LogP contribution >= 0.6 is 9.24 Å². The van der Waals surface area contributed by atoms with Gasteiger partial charge in [-0.15, -0.1) is 0 Å². The van der Waals surface area contributed by atoms with Gasteiger partial charge < -0.3 is 21.4 Å². The molecule has 5 nitrogen and oxygen atoms in total. The summed E-state index contributed by atoms with van der Waals surface area (Å²) in [6, 6.07) is 0. The zero-order chi connectivity index (χ0) is 11.1. The van der Waals surface area contributed by atoms with Gasteiger partial charge in [0.2, 0.25) is 5.91 Å². The fourth-order valence-electron chi connectivity index (χ4n) is 0.539. The number of nitrogens with one attached hydrogen (secondary N) is 1. The Kier molecular flexibility index (Phi) is 4.94. The molecule has 0 radical (unpaired) electrons. The molecule has 1 unspecified atom stereocenters. The smallest absolute Gasteiger partial charge is 0.303 e. The van der Waals surface area contributed by atoms with Crippen molar-refractivity contribution in [2.24, 2.45) is 0 Å². The lowest BCUT2D eigenvalue weighted by molar-refractivity contribution is -0.138. The van der Waals surface area contributed by atoms with Gasteiger partial charge in [0, 0.05) is 18.7 Å². The summed E-state index contributed by atoms with van der Waals surface area (Å²) < 4.78 is 6.88. The normalized spacial score (nSPS) is 10.1. The van der Waals surface area contributed by atoms with Crippen molar-refractivity contribution in [3.8, 4) is 0 Å². The quantitative estimate of drug-likeness (QED) is 0.456. The van der Waals surface area contributed by atoms with Crippen LogP contribution in [0.3, 0.4) is 0 Å². The average molecular weight is 206 g/mol. The van der Waals surface area contributed by atoms with Crippen molar-refractivity contribution >= 4 is 26.9 Å². The minimum Gasteiger partial charge on any atom is -0.481 e. The van der Waals surface area contributed by atoms with Gasteiger partial charge in [-0.3, -0.25) is 18.8 Å². The Balaban J connectivity index is 3.64. The van der Waals surface area contributed by atoms with Crippen LogP contribution in [0, 0.1) is 6.14 Å². The van der Waals surface area contributed by atoms with Crippen molar-refractivity contribution in [2.75, 3.05) is 6.54 Å². The molecule has 0 aromatic carbocycles. The maximum atomic E-state index is 10.9. The van der Waals surface area contributed by atoms with Crippen LogP contribution in [0.4, 0.5) is 0 Å². The molecule has 6 heteroatoms. The number of hydrogen-bond acceptors (Lipinski definition) is 3. The Morgan fingerprint density at radius 1 is 1.46 bits per heavy atom. The van der Waals surface area contributed by atoms with Crippen LogP contribution < -0.4 is 5.32 Å². The van der Waals surface area contributed by atoms with Crippen LogP contribution in [0.2, 0.25) is 0 Å². The third kappa shape index (κ3) is 7.28. The summed E-state index contributed by atoms with van der Waals surface area (Å²) in [5.74, 6) is -2.09. The average Bonchev–Trinajstić information content (AvgIpc) is 2.10. The van der Waals surface area contributed by atoms with Crippen LogP contribution in [0.15, 0.2) is 0 Å². The van der Waals surface area contributed by atoms with Gasteiger partial charge in [0.25, 0.3) is 0 Å². The minimum absolute atomic E-state index is 0.160. The molecule has 0 spiro atoms. The first kappa shape index (κ1) is 9.99. The van der Waals surface area contributed by atoms with Crippen molar-refractivity contribution in [3.05, 3.63) is 6.14 Å². The summed E-state index contributed by atoms with van der Waals surface area (Å²) in [5.41, 5.74) is 0. The second-order valence-corrected chi connectivity index (χ2v) is 2.53. The number of carboxylic acid groups (broad SMARTS) is 1. The molecule has 13 heavy (non-hydrogen) atoms. The lowest BCUT2D eigenvalue weighted by Gasteiger charge is -2.06. The maximum Gasteiger partial charge on any atom is 0.303 e. The number of hydrogen-bond donors (Lipinski definition) is 2. The van der Waals surface area contributed by atoms with Crippen molar-refractivity contribution in [1.82, 2.24) is 5.32 Å². The maximum absolute atomic E-state index is 10.9. The van der Waals surface area contributed by atoms with Crippen LogP contribution in [0.25, 0.3) is 0 Å². The summed E-state index contributed by atoms with van der Waals surface area (Å²) in [6.07, 6.45) is -0.644. The zero-order valence-electron chi connectivity index (χ0n) is 7.87. The van der Waals surface area contributed by atoms with Gasteiger partial charge >= 0.3 is 5.97 Å². The van der Waals surface area contributed by atoms with Crippen molar-refractivity contribution in [1.29, 1.82) is 0 Å². The van der Waals surface area contributed by atoms with E-state index >= 15 is 0 Å². The molecule has 0 aromatic heterocycles. The summed E-state index contributed by atoms with van der Waals surface area (Å²) in [4.78, 5) is 31.7. The lowest BCUT2D eigenvalue weighted by Crippen LogP contribution is -2.29. The molecule has 2 N–H and O–H groups in total. The molecule has 1 amide bonds. The van der Waals surface area contributed by atoms with Gasteiger partial charge in [0.15, 0.2) is 0 Å². The summed E-state index contributed by atoms with van der Waals surface area (Å²) in [5, 5.41) is 10.5. The number of amides is 1. The first-order valence-electron chi connectivity index (χ1n) is 4.04. The second-order valence-electron chi connectivity index (χ2n) is 2.24. The predicted molar refractivity (Wildman–Crippen MR) is 48.9 cm³/mol. The standard InChI is InChI=1S/C7H11NO4P/c9-5(4-13)3-8-6(10)1-2-7(11)12/h4H,1-3,13H2,(H,8,10)(H,11,12)/q-1/i4T. The number of aliphatic carboxylic acids is 1. The first-order valence-corrected chi connectivity index (χ1v) is 4.12. The molecular weight excluding hydrogens is 193 g/mol. The van der Waals surface area contributed by atoms with Crippen LogP contribution in [0.1, 0.15) is 14.2 Å². The number of rotatable bonds is 6. The Bertz CT molecular complexity index is 244. The molecule has 0 fully saturated rings. The molecule has 0 rings (SSSR count). The van der Waals surface area contributed by atoms with Gasteiger partial charge in [-0.1, -0.05) is 0 Å². The Morgan fingerprint density at radius 2 is 2.08 bits per heavy atom. The van der Waals surface area contributed by atoms with E-state index in [0.29, 0.717) is 0 Å². The molecule has 0 bridgehead atoms. The Hall–Kier alpha value is -1.09. The number of ketones is 1. The third-order valence-electron chi connectivity index (χ3n) is 1.17. The number of carboxylic acids is 1. The molecule has 0 aromatic rings. The Morgan fingerprint density at radius 3 is 2.54 bits per heavy atom. The fraction of sp³-hybridized carbons (Fsp3) is 0.429. The zero-order valence-corrected chi connectivity index (χ0v) is 8.03. The minimum atomic E-state index is -1.06. The van der Waals surface area contributed by atoms with E-state index in [4.69, 9.17) is 6.48 Å². The van der Waals surface area contributed by atoms with E-state index in [2.05, 4.69) is 5.32 Å². The van der Waals surface area contributed by atoms with Gasteiger partial charge in [-0.05, 0) is 0 Å². The molecule has 0 aliphatic carbocycles. The number of Topliss-reactive ketones (excluding diaryl/α,β-unsaturated/α-hetero) is 1. The predicted octanol–water partition coefficient (Wildman–Crippen LogP) is -0.427. The number of carbonyl (C=O) groups excluding carboxylic acids is 2. The van der Waals surface area contributed by atoms with Crippen LogP contribution in [-0.2, 0) is 14.4 Å². The molecule has 0 saturated carbocycles. The first-order chi connectivity index (χ1) is 6.43. The second kappa shape index (κ2) is 6.43. The van der Waals surface area contributed by atoms with Crippen molar-refractivity contribution in [3.63, 3.8) is 0 Å². The molecular formula is C7H11NO4P-. The van der Waals surface area contributed by atoms with E-state index in [-0.39, 0.29) is 25.5 Å². The SMILES string of the molecule is [3H][C-](P)C(=O)CNC(=O)CCC(=O)O. The highest BCUT2D eigenvalue weighted by Gasteiger charge is 2.04. The van der Waals surface area contributed by atoms with E-state index in [1.165, 1.54) is 0 Å². The molecule has 0 aliphatic heterocycles. The molecule has 1 atom stereocenters. The highest BCUT2D eigenvalue weighted by molar-refractivity contribution is 7.21. The van der Waals surface area contributed by atoms with E-state index in [0.717, 1.165) is 0 Å². The monoisotopic (exact) mass is 206 g/mol. The van der Waals surface area contributed by atoms with Crippen molar-refractivity contribution < 1.29 is 20.9 Å². The largest absolute Gasteiger partial charge is 0.481 e. The topological polar surface area (TPSA) is 83.5 Å². The van der Waals surface area contributed by atoms with Gasteiger partial charge in [0.1, 0.15) is 0 Å². The summed E-state index contributed by atoms with van der Waals surface area (Å²) >= 11 is 0. The van der Waals surface area contributed by atoms with Crippen LogP contribution in [-0.4, -0.2) is 29.3 Å². The highest BCUT2D eigenvalue weighted by Crippen LogP contribution is 1.91. The van der Waals surface area contributed by atoms with E-state index in [9.17, 15) is 14.4 Å². The van der Waals surface area contributed by atoms with Crippen molar-refractivity contribution in [2.45, 2.75) is 12.8 Å². The van der Waals surface area contributed by atoms with Gasteiger partial charge in [-0.2, -0.15) is 1.37 Å². The Labute approximate surface area is 79.5 Å². The fourth-order valence-corrected chi connectivity index (χ4v) is 0.641. The van der Waals surface area contributed by atoms with Crippen LogP contribution in [0.5, 0.6) is 0 Å². The van der Waals surface area contributed by atoms with E-state index in [1.54, 1.807) is 0 Å². The summed E-state index contributed by atoms with van der Waals surface area (Å²) in [6.45, 7) is -0.263. The summed E-state index contributed by atoms with van der Waals surface area (Å²) in [7, 11) is 1.91. The van der Waals surface area contributed by atoms with Gasteiger partial charge in [0.05, 0.1) is 6.42 Å².